The van der Waals surface area contributed by atoms with Crippen molar-refractivity contribution in [2.75, 3.05) is 32.7 Å². The van der Waals surface area contributed by atoms with Crippen molar-refractivity contribution in [2.45, 2.75) is 52.9 Å². The molecule has 0 radical (unpaired) electrons. The third kappa shape index (κ3) is 3.71. The Balaban J connectivity index is 1.81. The molecule has 1 spiro atoms. The average Bonchev–Trinajstić information content (AvgIpc) is 2.40. The number of amides is 1. The van der Waals surface area contributed by atoms with Crippen molar-refractivity contribution >= 4 is 5.91 Å². The van der Waals surface area contributed by atoms with Gasteiger partial charge in [-0.1, -0.05) is 20.8 Å². The maximum absolute atomic E-state index is 12.1. The number of nitrogens with zero attached hydrogens (tertiary/aromatic N) is 2. The van der Waals surface area contributed by atoms with Crippen LogP contribution in [0.2, 0.25) is 0 Å². The maximum Gasteiger partial charge on any atom is 0.222 e. The fraction of sp³-hybridized carbons (Fsp3) is 0.938. The largest absolute Gasteiger partial charge is 0.343 e. The van der Waals surface area contributed by atoms with E-state index >= 15 is 0 Å². The molecule has 0 aliphatic carbocycles. The highest BCUT2D eigenvalue weighted by Crippen LogP contribution is 2.41. The van der Waals surface area contributed by atoms with E-state index in [1.165, 1.54) is 45.3 Å². The second-order valence-corrected chi connectivity index (χ2v) is 6.91. The number of carbonyl (C=O) groups is 1. The van der Waals surface area contributed by atoms with E-state index in [-0.39, 0.29) is 0 Å². The van der Waals surface area contributed by atoms with Gasteiger partial charge in [-0.2, -0.15) is 0 Å². The fourth-order valence-electron chi connectivity index (χ4n) is 3.55. The zero-order chi connectivity index (χ0) is 13.9. The van der Waals surface area contributed by atoms with Gasteiger partial charge in [0.05, 0.1) is 0 Å². The van der Waals surface area contributed by atoms with Crippen LogP contribution in [-0.4, -0.2) is 48.4 Å². The molecule has 3 heteroatoms. The van der Waals surface area contributed by atoms with E-state index in [9.17, 15) is 4.79 Å². The first-order chi connectivity index (χ1) is 9.04. The Morgan fingerprint density at radius 2 is 1.58 bits per heavy atom. The van der Waals surface area contributed by atoms with Crippen LogP contribution in [0, 0.1) is 11.3 Å². The zero-order valence-corrected chi connectivity index (χ0v) is 13.0. The van der Waals surface area contributed by atoms with E-state index in [0.717, 1.165) is 19.5 Å². The van der Waals surface area contributed by atoms with E-state index in [1.54, 1.807) is 0 Å². The lowest BCUT2D eigenvalue weighted by atomic mass is 9.71. The predicted octanol–water partition coefficient (Wildman–Crippen LogP) is 2.76. The van der Waals surface area contributed by atoms with E-state index in [2.05, 4.69) is 30.6 Å². The molecule has 0 atom stereocenters. The summed E-state index contributed by atoms with van der Waals surface area (Å²) in [5, 5.41) is 0. The molecule has 0 bridgehead atoms. The topological polar surface area (TPSA) is 23.6 Å². The van der Waals surface area contributed by atoms with Gasteiger partial charge in [-0.15, -0.1) is 0 Å². The first-order valence-electron chi connectivity index (χ1n) is 8.05. The predicted molar refractivity (Wildman–Crippen MR) is 79.1 cm³/mol. The molecular weight excluding hydrogens is 236 g/mol. The third-order valence-corrected chi connectivity index (χ3v) is 5.12. The Bertz CT molecular complexity index is 296. The van der Waals surface area contributed by atoms with E-state index in [0.29, 0.717) is 17.2 Å². The van der Waals surface area contributed by atoms with Crippen LogP contribution in [-0.2, 0) is 4.79 Å². The molecule has 0 saturated carbocycles. The lowest BCUT2D eigenvalue weighted by Crippen LogP contribution is -2.48. The Morgan fingerprint density at radius 1 is 1.05 bits per heavy atom. The van der Waals surface area contributed by atoms with Crippen molar-refractivity contribution in [1.29, 1.82) is 0 Å². The normalized spacial score (nSPS) is 24.1. The number of rotatable bonds is 3. The lowest BCUT2D eigenvalue weighted by Gasteiger charge is -2.46. The van der Waals surface area contributed by atoms with Crippen molar-refractivity contribution in [3.63, 3.8) is 0 Å². The molecule has 2 rings (SSSR count). The second kappa shape index (κ2) is 6.25. The van der Waals surface area contributed by atoms with Crippen LogP contribution in [0.1, 0.15) is 52.9 Å². The van der Waals surface area contributed by atoms with Gasteiger partial charge in [-0.25, -0.2) is 0 Å². The summed E-state index contributed by atoms with van der Waals surface area (Å²) in [5.74, 6) is 0.854. The van der Waals surface area contributed by atoms with Gasteiger partial charge in [-0.3, -0.25) is 4.79 Å². The molecule has 3 nitrogen and oxygen atoms in total. The molecule has 2 aliphatic heterocycles. The van der Waals surface area contributed by atoms with Crippen LogP contribution in [0.3, 0.4) is 0 Å². The molecule has 19 heavy (non-hydrogen) atoms. The molecular formula is C16H30N2O. The zero-order valence-electron chi connectivity index (χ0n) is 13.0. The summed E-state index contributed by atoms with van der Waals surface area (Å²) in [6.07, 6.45) is 5.86. The van der Waals surface area contributed by atoms with Crippen molar-refractivity contribution in [2.24, 2.45) is 11.3 Å². The van der Waals surface area contributed by atoms with Gasteiger partial charge in [0.25, 0.3) is 0 Å². The molecule has 0 aromatic heterocycles. The summed E-state index contributed by atoms with van der Waals surface area (Å²) in [4.78, 5) is 16.8. The summed E-state index contributed by atoms with van der Waals surface area (Å²) in [6.45, 7) is 12.2. The SMILES string of the molecule is CCN1CCC2(CC1)CCN(C(=O)CC(C)C)CC2. The quantitative estimate of drug-likeness (QED) is 0.784. The van der Waals surface area contributed by atoms with Crippen molar-refractivity contribution in [1.82, 2.24) is 9.80 Å². The van der Waals surface area contributed by atoms with Crippen LogP contribution >= 0.6 is 0 Å². The molecule has 2 aliphatic rings. The van der Waals surface area contributed by atoms with E-state index in [1.807, 2.05) is 0 Å². The van der Waals surface area contributed by atoms with Gasteiger partial charge >= 0.3 is 0 Å². The van der Waals surface area contributed by atoms with Gasteiger partial charge in [0.2, 0.25) is 5.91 Å². The van der Waals surface area contributed by atoms with Gasteiger partial charge in [0.15, 0.2) is 0 Å². The summed E-state index contributed by atoms with van der Waals surface area (Å²) >= 11 is 0. The molecule has 0 aromatic carbocycles. The first-order valence-corrected chi connectivity index (χ1v) is 8.05. The maximum atomic E-state index is 12.1. The molecule has 2 fully saturated rings. The Morgan fingerprint density at radius 3 is 2.05 bits per heavy atom. The molecule has 0 unspecified atom stereocenters. The number of likely N-dealkylation sites (tertiary alicyclic amines) is 2. The molecule has 2 saturated heterocycles. The minimum absolute atomic E-state index is 0.371. The minimum atomic E-state index is 0.371. The number of hydrogen-bond donors (Lipinski definition) is 0. The Hall–Kier alpha value is -0.570. The molecule has 2 heterocycles. The van der Waals surface area contributed by atoms with E-state index < -0.39 is 0 Å². The average molecular weight is 266 g/mol. The molecule has 0 aromatic rings. The summed E-state index contributed by atoms with van der Waals surface area (Å²) in [5.41, 5.74) is 0.556. The Kier molecular flexibility index (Phi) is 4.88. The van der Waals surface area contributed by atoms with Crippen LogP contribution in [0.15, 0.2) is 0 Å². The van der Waals surface area contributed by atoms with Gasteiger partial charge < -0.3 is 9.80 Å². The van der Waals surface area contributed by atoms with E-state index in [4.69, 9.17) is 0 Å². The van der Waals surface area contributed by atoms with Gasteiger partial charge in [0, 0.05) is 19.5 Å². The minimum Gasteiger partial charge on any atom is -0.343 e. The number of piperidine rings is 2. The van der Waals surface area contributed by atoms with Crippen molar-refractivity contribution in [3.05, 3.63) is 0 Å². The fourth-order valence-corrected chi connectivity index (χ4v) is 3.55. The first kappa shape index (κ1) is 14.8. The highest BCUT2D eigenvalue weighted by Gasteiger charge is 2.38. The smallest absolute Gasteiger partial charge is 0.222 e. The van der Waals surface area contributed by atoms with Crippen molar-refractivity contribution in [3.8, 4) is 0 Å². The highest BCUT2D eigenvalue weighted by molar-refractivity contribution is 5.76. The standard InChI is InChI=1S/C16H30N2O/c1-4-17-9-5-16(6-10-17)7-11-18(12-8-16)15(19)13-14(2)3/h14H,4-13H2,1-3H3. The van der Waals surface area contributed by atoms with Gasteiger partial charge in [-0.05, 0) is 56.7 Å². The number of hydrogen-bond acceptors (Lipinski definition) is 2. The highest BCUT2D eigenvalue weighted by atomic mass is 16.2. The van der Waals surface area contributed by atoms with Crippen molar-refractivity contribution < 1.29 is 4.79 Å². The monoisotopic (exact) mass is 266 g/mol. The third-order valence-electron chi connectivity index (χ3n) is 5.12. The van der Waals surface area contributed by atoms with Crippen LogP contribution in [0.5, 0.6) is 0 Å². The summed E-state index contributed by atoms with van der Waals surface area (Å²) in [6, 6.07) is 0. The Labute approximate surface area is 118 Å². The second-order valence-electron chi connectivity index (χ2n) is 6.91. The van der Waals surface area contributed by atoms with Crippen LogP contribution in [0.4, 0.5) is 0 Å². The van der Waals surface area contributed by atoms with Gasteiger partial charge in [0.1, 0.15) is 0 Å². The number of carbonyl (C=O) groups excluding carboxylic acids is 1. The van der Waals surface area contributed by atoms with Crippen LogP contribution in [0.25, 0.3) is 0 Å². The lowest BCUT2D eigenvalue weighted by molar-refractivity contribution is -0.134. The molecule has 0 N–H and O–H groups in total. The van der Waals surface area contributed by atoms with Crippen LogP contribution < -0.4 is 0 Å². The molecule has 1 amide bonds. The molecule has 110 valence electrons. The summed E-state index contributed by atoms with van der Waals surface area (Å²) < 4.78 is 0. The summed E-state index contributed by atoms with van der Waals surface area (Å²) in [7, 11) is 0.